The van der Waals surface area contributed by atoms with E-state index in [9.17, 15) is 9.59 Å². The highest BCUT2D eigenvalue weighted by Gasteiger charge is 2.09. The molecule has 0 saturated heterocycles. The molecule has 0 saturated carbocycles. The van der Waals surface area contributed by atoms with Gasteiger partial charge in [0.05, 0.1) is 0 Å². The molecule has 0 aliphatic carbocycles. The molecule has 2 N–H and O–H groups in total. The number of urea groups is 1. The molecule has 6 heteroatoms. The van der Waals surface area contributed by atoms with E-state index >= 15 is 0 Å². The molecule has 0 radical (unpaired) electrons. The number of hydrogen-bond donors (Lipinski definition) is 2. The number of hydrogen-bond acceptors (Lipinski definition) is 4. The lowest BCUT2D eigenvalue weighted by Gasteiger charge is -2.11. The first-order chi connectivity index (χ1) is 6.10. The predicted molar refractivity (Wildman–Crippen MR) is 45.3 cm³/mol. The average molecular weight is 188 g/mol. The number of nitrogens with one attached hydrogen (secondary N) is 1. The van der Waals surface area contributed by atoms with Crippen LogP contribution in [0.5, 0.6) is 0 Å². The SMILES string of the molecule is C/C=N/C(=O)NC(C)OC(=O)CO. The molecule has 74 valence electrons. The third kappa shape index (κ3) is 5.80. The molecular formula is C7H12N2O4. The number of aliphatic hydroxyl groups is 1. The van der Waals surface area contributed by atoms with Gasteiger partial charge in [-0.3, -0.25) is 0 Å². The van der Waals surface area contributed by atoms with Crippen molar-refractivity contribution in [3.8, 4) is 0 Å². The number of nitrogens with zero attached hydrogens (tertiary/aromatic N) is 1. The molecule has 0 rings (SSSR count). The Balaban J connectivity index is 3.80. The smallest absolute Gasteiger partial charge is 0.343 e. The van der Waals surface area contributed by atoms with Crippen LogP contribution in [0.1, 0.15) is 13.8 Å². The molecular weight excluding hydrogens is 176 g/mol. The summed E-state index contributed by atoms with van der Waals surface area (Å²) in [6.07, 6.45) is 0.520. The Hall–Kier alpha value is -1.43. The lowest BCUT2D eigenvalue weighted by atomic mass is 10.6. The van der Waals surface area contributed by atoms with Crippen molar-refractivity contribution in [3.63, 3.8) is 0 Å². The number of carbonyl (C=O) groups is 2. The van der Waals surface area contributed by atoms with Crippen LogP contribution >= 0.6 is 0 Å². The van der Waals surface area contributed by atoms with Crippen LogP contribution in [0.25, 0.3) is 0 Å². The van der Waals surface area contributed by atoms with Gasteiger partial charge in [0.25, 0.3) is 0 Å². The van der Waals surface area contributed by atoms with E-state index in [2.05, 4.69) is 15.0 Å². The second-order valence-corrected chi connectivity index (χ2v) is 2.13. The molecule has 0 fully saturated rings. The largest absolute Gasteiger partial charge is 0.440 e. The molecule has 0 aromatic carbocycles. The third-order valence-corrected chi connectivity index (χ3v) is 1.01. The van der Waals surface area contributed by atoms with Crippen LogP contribution in [-0.2, 0) is 9.53 Å². The molecule has 0 aromatic heterocycles. The average Bonchev–Trinajstić information content (AvgIpc) is 2.04. The summed E-state index contributed by atoms with van der Waals surface area (Å²) >= 11 is 0. The first-order valence-electron chi connectivity index (χ1n) is 3.69. The van der Waals surface area contributed by atoms with Crippen LogP contribution in [0.4, 0.5) is 4.79 Å². The van der Waals surface area contributed by atoms with E-state index in [1.165, 1.54) is 13.1 Å². The molecule has 1 unspecified atom stereocenters. The molecule has 0 bridgehead atoms. The quantitative estimate of drug-likeness (QED) is 0.360. The summed E-state index contributed by atoms with van der Waals surface area (Å²) in [6.45, 7) is 2.33. The van der Waals surface area contributed by atoms with Crippen molar-refractivity contribution in [3.05, 3.63) is 0 Å². The number of aliphatic hydroxyl groups excluding tert-OH is 1. The van der Waals surface area contributed by atoms with E-state index in [1.54, 1.807) is 6.92 Å². The van der Waals surface area contributed by atoms with E-state index in [0.29, 0.717) is 0 Å². The van der Waals surface area contributed by atoms with Gasteiger partial charge >= 0.3 is 12.0 Å². The van der Waals surface area contributed by atoms with Gasteiger partial charge in [-0.05, 0) is 13.8 Å². The van der Waals surface area contributed by atoms with Gasteiger partial charge in [0, 0.05) is 6.21 Å². The van der Waals surface area contributed by atoms with Gasteiger partial charge in [-0.2, -0.15) is 0 Å². The maximum Gasteiger partial charge on any atom is 0.343 e. The van der Waals surface area contributed by atoms with Crippen LogP contribution in [0.2, 0.25) is 0 Å². The number of esters is 1. The summed E-state index contributed by atoms with van der Waals surface area (Å²) in [5.74, 6) is -0.798. The molecule has 6 nitrogen and oxygen atoms in total. The fourth-order valence-corrected chi connectivity index (χ4v) is 0.592. The van der Waals surface area contributed by atoms with E-state index in [1.807, 2.05) is 0 Å². The van der Waals surface area contributed by atoms with Crippen molar-refractivity contribution in [2.75, 3.05) is 6.61 Å². The second kappa shape index (κ2) is 6.13. The highest BCUT2D eigenvalue weighted by molar-refractivity contribution is 5.83. The first kappa shape index (κ1) is 11.6. The van der Waals surface area contributed by atoms with Crippen molar-refractivity contribution in [1.29, 1.82) is 0 Å². The second-order valence-electron chi connectivity index (χ2n) is 2.13. The van der Waals surface area contributed by atoms with Crippen LogP contribution in [0.15, 0.2) is 4.99 Å². The van der Waals surface area contributed by atoms with E-state index in [4.69, 9.17) is 5.11 Å². The summed E-state index contributed by atoms with van der Waals surface area (Å²) in [6, 6.07) is -0.597. The van der Waals surface area contributed by atoms with Crippen LogP contribution in [-0.4, -0.2) is 36.2 Å². The van der Waals surface area contributed by atoms with Crippen molar-refractivity contribution < 1.29 is 19.4 Å². The maximum atomic E-state index is 10.8. The van der Waals surface area contributed by atoms with Crippen LogP contribution < -0.4 is 5.32 Å². The highest BCUT2D eigenvalue weighted by Crippen LogP contribution is 1.87. The molecule has 0 aromatic rings. The number of aliphatic imine (C=N–C) groups is 1. The van der Waals surface area contributed by atoms with Gasteiger partial charge in [0.1, 0.15) is 6.61 Å². The van der Waals surface area contributed by atoms with Crippen molar-refractivity contribution in [2.45, 2.75) is 20.1 Å². The maximum absolute atomic E-state index is 10.8. The van der Waals surface area contributed by atoms with E-state index in [0.717, 1.165) is 0 Å². The summed E-state index contributed by atoms with van der Waals surface area (Å²) in [7, 11) is 0. The Morgan fingerprint density at radius 3 is 2.77 bits per heavy atom. The zero-order chi connectivity index (χ0) is 10.3. The van der Waals surface area contributed by atoms with Gasteiger partial charge in [-0.25, -0.2) is 14.6 Å². The number of amides is 2. The monoisotopic (exact) mass is 188 g/mol. The Kier molecular flexibility index (Phi) is 5.45. The summed E-state index contributed by atoms with van der Waals surface area (Å²) in [5.41, 5.74) is 0. The third-order valence-electron chi connectivity index (χ3n) is 1.01. The summed E-state index contributed by atoms with van der Waals surface area (Å²) in [5, 5.41) is 10.6. The molecule has 2 amide bonds. The molecule has 0 aliphatic rings. The summed E-state index contributed by atoms with van der Waals surface area (Å²) in [4.78, 5) is 24.6. The Bertz CT molecular complexity index is 215. The zero-order valence-electron chi connectivity index (χ0n) is 7.48. The van der Waals surface area contributed by atoms with Crippen molar-refractivity contribution in [1.82, 2.24) is 5.32 Å². The zero-order valence-corrected chi connectivity index (χ0v) is 7.48. The van der Waals surface area contributed by atoms with Gasteiger partial charge in [0.2, 0.25) is 0 Å². The topological polar surface area (TPSA) is 88.0 Å². The lowest BCUT2D eigenvalue weighted by molar-refractivity contribution is -0.152. The summed E-state index contributed by atoms with van der Waals surface area (Å²) < 4.78 is 4.52. The Morgan fingerprint density at radius 1 is 1.69 bits per heavy atom. The van der Waals surface area contributed by atoms with Gasteiger partial charge < -0.3 is 15.2 Å². The minimum absolute atomic E-state index is 0.597. The molecule has 1 atom stereocenters. The fraction of sp³-hybridized carbons (Fsp3) is 0.571. The highest BCUT2D eigenvalue weighted by atomic mass is 16.6. The minimum Gasteiger partial charge on any atom is -0.440 e. The van der Waals surface area contributed by atoms with E-state index in [-0.39, 0.29) is 0 Å². The standard InChI is InChI=1S/C7H12N2O4/c1-3-8-7(12)9-5(2)13-6(11)4-10/h3,5,10H,4H2,1-2H3,(H,9,12)/b8-3+. The minimum atomic E-state index is -0.798. The van der Waals surface area contributed by atoms with Crippen molar-refractivity contribution in [2.24, 2.45) is 4.99 Å². The Morgan fingerprint density at radius 2 is 2.31 bits per heavy atom. The molecule has 0 aliphatic heterocycles. The van der Waals surface area contributed by atoms with Crippen molar-refractivity contribution >= 4 is 18.2 Å². The Labute approximate surface area is 75.6 Å². The van der Waals surface area contributed by atoms with Crippen LogP contribution in [0, 0.1) is 0 Å². The van der Waals surface area contributed by atoms with Gasteiger partial charge in [0.15, 0.2) is 6.23 Å². The lowest BCUT2D eigenvalue weighted by Crippen LogP contribution is -2.35. The number of ether oxygens (including phenoxy) is 1. The van der Waals surface area contributed by atoms with Gasteiger partial charge in [-0.1, -0.05) is 0 Å². The predicted octanol–water partition coefficient (Wildman–Crippen LogP) is -0.332. The molecule has 13 heavy (non-hydrogen) atoms. The molecule has 0 heterocycles. The molecule has 0 spiro atoms. The normalized spacial score (nSPS) is 12.5. The number of carbonyl (C=O) groups excluding carboxylic acids is 2. The number of rotatable bonds is 3. The fourth-order valence-electron chi connectivity index (χ4n) is 0.592. The van der Waals surface area contributed by atoms with E-state index < -0.39 is 24.8 Å². The van der Waals surface area contributed by atoms with Gasteiger partial charge in [-0.15, -0.1) is 0 Å². The first-order valence-corrected chi connectivity index (χ1v) is 3.69. The van der Waals surface area contributed by atoms with Crippen LogP contribution in [0.3, 0.4) is 0 Å².